The Morgan fingerprint density at radius 1 is 1.35 bits per heavy atom. The van der Waals surface area contributed by atoms with Crippen LogP contribution in [0.1, 0.15) is 12.7 Å². The molecule has 0 atom stereocenters. The molecule has 17 heavy (non-hydrogen) atoms. The first-order chi connectivity index (χ1) is 8.10. The molecule has 0 saturated heterocycles. The van der Waals surface area contributed by atoms with E-state index in [4.69, 9.17) is 10.5 Å². The predicted octanol–water partition coefficient (Wildman–Crippen LogP) is 2.75. The number of benzene rings is 1. The van der Waals surface area contributed by atoms with Crippen LogP contribution in [0.3, 0.4) is 0 Å². The molecule has 1 heterocycles. The molecule has 90 valence electrons. The summed E-state index contributed by atoms with van der Waals surface area (Å²) in [6, 6.07) is 1.75. The van der Waals surface area contributed by atoms with Crippen LogP contribution in [-0.2, 0) is 6.42 Å². The van der Waals surface area contributed by atoms with Crippen LogP contribution in [-0.4, -0.2) is 9.36 Å². The van der Waals surface area contributed by atoms with Gasteiger partial charge in [0.15, 0.2) is 11.6 Å². The number of aromatic nitrogens is 2. The lowest BCUT2D eigenvalue weighted by Crippen LogP contribution is -1.95. The molecule has 0 fully saturated rings. The van der Waals surface area contributed by atoms with Crippen LogP contribution >= 0.6 is 11.5 Å². The first-order valence-electron chi connectivity index (χ1n) is 4.85. The van der Waals surface area contributed by atoms with E-state index in [2.05, 4.69) is 9.36 Å². The topological polar surface area (TPSA) is 61.0 Å². The Labute approximate surface area is 100 Å². The Hall–Kier alpha value is -1.76. The average Bonchev–Trinajstić information content (AvgIpc) is 2.73. The highest BCUT2D eigenvalue weighted by Crippen LogP contribution is 2.28. The van der Waals surface area contributed by atoms with Gasteiger partial charge in [0.05, 0.1) is 5.69 Å². The Morgan fingerprint density at radius 2 is 2.12 bits per heavy atom. The minimum absolute atomic E-state index is 0.171. The number of halogens is 2. The van der Waals surface area contributed by atoms with E-state index in [1.807, 2.05) is 6.92 Å². The summed E-state index contributed by atoms with van der Waals surface area (Å²) in [6.45, 7) is 1.88. The molecule has 0 spiro atoms. The molecule has 1 aromatic carbocycles. The van der Waals surface area contributed by atoms with Crippen molar-refractivity contribution in [3.8, 4) is 10.9 Å². The zero-order valence-corrected chi connectivity index (χ0v) is 9.72. The number of hydrogen-bond acceptors (Lipinski definition) is 5. The second-order valence-corrected chi connectivity index (χ2v) is 3.95. The van der Waals surface area contributed by atoms with Gasteiger partial charge in [-0.1, -0.05) is 6.92 Å². The summed E-state index contributed by atoms with van der Waals surface area (Å²) >= 11 is 0.984. The van der Waals surface area contributed by atoms with Gasteiger partial charge in [-0.05, 0) is 0 Å². The summed E-state index contributed by atoms with van der Waals surface area (Å²) in [4.78, 5) is 3.98. The van der Waals surface area contributed by atoms with Gasteiger partial charge in [-0.3, -0.25) is 0 Å². The maximum absolute atomic E-state index is 13.4. The quantitative estimate of drug-likeness (QED) is 0.859. The lowest BCUT2D eigenvalue weighted by atomic mass is 10.3. The Balaban J connectivity index is 2.26. The zero-order chi connectivity index (χ0) is 12.4. The van der Waals surface area contributed by atoms with Crippen molar-refractivity contribution < 1.29 is 13.5 Å². The molecule has 0 unspecified atom stereocenters. The molecule has 2 rings (SSSR count). The highest BCUT2D eigenvalue weighted by molar-refractivity contribution is 7.07. The molecule has 0 aliphatic heterocycles. The summed E-state index contributed by atoms with van der Waals surface area (Å²) in [5.74, 6) is -1.13. The number of rotatable bonds is 3. The molecule has 0 amide bonds. The van der Waals surface area contributed by atoms with Gasteiger partial charge in [-0.2, -0.15) is 9.36 Å². The van der Waals surface area contributed by atoms with Crippen molar-refractivity contribution in [2.75, 3.05) is 5.73 Å². The van der Waals surface area contributed by atoms with Crippen molar-refractivity contribution in [3.05, 3.63) is 29.6 Å². The monoisotopic (exact) mass is 257 g/mol. The van der Waals surface area contributed by atoms with Crippen LogP contribution in [0.25, 0.3) is 0 Å². The molecular formula is C10H9F2N3OS. The Bertz CT molecular complexity index is 544. The maximum atomic E-state index is 13.4. The van der Waals surface area contributed by atoms with Crippen molar-refractivity contribution in [1.82, 2.24) is 9.36 Å². The van der Waals surface area contributed by atoms with Gasteiger partial charge in [-0.15, -0.1) is 0 Å². The number of aryl methyl sites for hydroxylation is 1. The van der Waals surface area contributed by atoms with Gasteiger partial charge in [0, 0.05) is 30.1 Å². The molecule has 0 aliphatic carbocycles. The summed E-state index contributed by atoms with van der Waals surface area (Å²) in [6.07, 6.45) is 0.651. The van der Waals surface area contributed by atoms with Crippen LogP contribution < -0.4 is 10.5 Å². The lowest BCUT2D eigenvalue weighted by molar-refractivity contribution is 0.433. The Morgan fingerprint density at radius 3 is 2.76 bits per heavy atom. The third-order valence-electron chi connectivity index (χ3n) is 2.01. The molecule has 1 aromatic heterocycles. The second-order valence-electron chi connectivity index (χ2n) is 3.24. The highest BCUT2D eigenvalue weighted by Gasteiger charge is 2.12. The average molecular weight is 257 g/mol. The smallest absolute Gasteiger partial charge is 0.298 e. The predicted molar refractivity (Wildman–Crippen MR) is 60.1 cm³/mol. The van der Waals surface area contributed by atoms with E-state index < -0.39 is 11.6 Å². The van der Waals surface area contributed by atoms with Crippen LogP contribution in [0.4, 0.5) is 14.5 Å². The third-order valence-corrected chi connectivity index (χ3v) is 2.65. The van der Waals surface area contributed by atoms with E-state index in [-0.39, 0.29) is 16.6 Å². The number of nitrogen functional groups attached to an aromatic ring is 1. The van der Waals surface area contributed by atoms with Gasteiger partial charge in [-0.25, -0.2) is 8.78 Å². The van der Waals surface area contributed by atoms with Crippen molar-refractivity contribution in [3.63, 3.8) is 0 Å². The minimum atomic E-state index is -0.739. The molecule has 0 bridgehead atoms. The van der Waals surface area contributed by atoms with E-state index in [1.165, 1.54) is 0 Å². The van der Waals surface area contributed by atoms with E-state index in [1.54, 1.807) is 0 Å². The van der Waals surface area contributed by atoms with E-state index >= 15 is 0 Å². The van der Waals surface area contributed by atoms with E-state index in [9.17, 15) is 8.78 Å². The summed E-state index contributed by atoms with van der Waals surface area (Å²) < 4.78 is 35.6. The third kappa shape index (κ3) is 2.50. The largest absolute Gasteiger partial charge is 0.427 e. The molecule has 0 aliphatic rings. The van der Waals surface area contributed by atoms with Gasteiger partial charge in [0.2, 0.25) is 0 Å². The highest BCUT2D eigenvalue weighted by atomic mass is 32.1. The fourth-order valence-corrected chi connectivity index (χ4v) is 1.77. The first kappa shape index (κ1) is 11.7. The molecule has 4 nitrogen and oxygen atoms in total. The van der Waals surface area contributed by atoms with Gasteiger partial charge < -0.3 is 10.5 Å². The number of ether oxygens (including phenoxy) is 1. The first-order valence-corrected chi connectivity index (χ1v) is 5.62. The summed E-state index contributed by atoms with van der Waals surface area (Å²) in [5.41, 5.74) is 4.95. The number of nitrogens with zero attached hydrogens (tertiary/aromatic N) is 2. The minimum Gasteiger partial charge on any atom is -0.427 e. The fraction of sp³-hybridized carbons (Fsp3) is 0.200. The lowest BCUT2D eigenvalue weighted by Gasteiger charge is -2.04. The van der Waals surface area contributed by atoms with Crippen LogP contribution in [0.15, 0.2) is 12.1 Å². The number of nitrogens with two attached hydrogens (primary N) is 1. The normalized spacial score (nSPS) is 10.5. The summed E-state index contributed by atoms with van der Waals surface area (Å²) in [7, 11) is 0. The van der Waals surface area contributed by atoms with E-state index in [0.29, 0.717) is 12.2 Å². The Kier molecular flexibility index (Phi) is 3.19. The van der Waals surface area contributed by atoms with Crippen molar-refractivity contribution >= 4 is 17.2 Å². The van der Waals surface area contributed by atoms with Crippen LogP contribution in [0.2, 0.25) is 0 Å². The number of hydrogen-bond donors (Lipinski definition) is 1. The number of anilines is 1. The zero-order valence-electron chi connectivity index (χ0n) is 8.91. The summed E-state index contributed by atoms with van der Waals surface area (Å²) in [5, 5.41) is 0.171. The second kappa shape index (κ2) is 4.62. The van der Waals surface area contributed by atoms with Crippen molar-refractivity contribution in [2.45, 2.75) is 13.3 Å². The fourth-order valence-electron chi connectivity index (χ4n) is 1.14. The molecule has 0 radical (unpaired) electrons. The SMILES string of the molecule is CCc1nsc(Oc2cc(F)c(N)cc2F)n1. The standard InChI is InChI=1S/C10H9F2N3OS/c1-2-9-14-10(17-15-9)16-8-4-5(11)7(13)3-6(8)12/h3-4H,2,13H2,1H3. The van der Waals surface area contributed by atoms with Gasteiger partial charge in [0.1, 0.15) is 11.6 Å². The molecule has 2 aromatic rings. The van der Waals surface area contributed by atoms with Crippen LogP contribution in [0.5, 0.6) is 10.9 Å². The van der Waals surface area contributed by atoms with E-state index in [0.717, 1.165) is 23.7 Å². The van der Waals surface area contributed by atoms with Gasteiger partial charge in [0.25, 0.3) is 5.19 Å². The van der Waals surface area contributed by atoms with Crippen molar-refractivity contribution in [2.24, 2.45) is 0 Å². The van der Waals surface area contributed by atoms with Crippen molar-refractivity contribution in [1.29, 1.82) is 0 Å². The maximum Gasteiger partial charge on any atom is 0.298 e. The molecular weight excluding hydrogens is 248 g/mol. The molecule has 2 N–H and O–H groups in total. The van der Waals surface area contributed by atoms with Gasteiger partial charge >= 0.3 is 0 Å². The molecule has 0 saturated carbocycles. The van der Waals surface area contributed by atoms with Crippen LogP contribution in [0, 0.1) is 11.6 Å². The molecule has 7 heteroatoms.